The second kappa shape index (κ2) is 12.1. The molecule has 2 rings (SSSR count). The summed E-state index contributed by atoms with van der Waals surface area (Å²) in [5.41, 5.74) is 2.97. The lowest BCUT2D eigenvalue weighted by Gasteiger charge is -2.23. The maximum Gasteiger partial charge on any atom is 0.408 e. The summed E-state index contributed by atoms with van der Waals surface area (Å²) in [5, 5.41) is 2.61. The topological polar surface area (TPSA) is 111 Å². The molecular weight excluding hydrogens is 388 g/mol. The number of rotatable bonds is 7. The number of Topliss-reactive ketones (excluding diaryl/α,β-unsaturated/α-hetero) is 2. The first kappa shape index (κ1) is 23.5. The Morgan fingerprint density at radius 3 is 2.60 bits per heavy atom. The highest BCUT2D eigenvalue weighted by atomic mass is 16.7. The lowest BCUT2D eigenvalue weighted by molar-refractivity contribution is -0.149. The van der Waals surface area contributed by atoms with Gasteiger partial charge < -0.3 is 10.1 Å². The van der Waals surface area contributed by atoms with Crippen molar-refractivity contribution in [2.45, 2.75) is 58.6 Å². The second-order valence-corrected chi connectivity index (χ2v) is 7.79. The fourth-order valence-corrected chi connectivity index (χ4v) is 3.30. The zero-order valence-corrected chi connectivity index (χ0v) is 17.5. The summed E-state index contributed by atoms with van der Waals surface area (Å²) in [6, 6.07) is 8.40. The smallest absolute Gasteiger partial charge is 0.408 e. The van der Waals surface area contributed by atoms with Crippen LogP contribution in [-0.2, 0) is 30.6 Å². The van der Waals surface area contributed by atoms with Crippen LogP contribution in [0.5, 0.6) is 0 Å². The number of hydrogen-bond donors (Lipinski definition) is 2. The van der Waals surface area contributed by atoms with Crippen molar-refractivity contribution in [2.75, 3.05) is 6.61 Å². The van der Waals surface area contributed by atoms with Gasteiger partial charge >= 0.3 is 12.0 Å². The number of ether oxygens (including phenoxy) is 1. The minimum Gasteiger partial charge on any atom is -0.445 e. The molecular formula is C22H30N2O6. The SMILES string of the molecule is CC(C)C(NC(=O)OCc1ccccc1)C(=O)CC1CCCCCONC(=O)C1=O. The van der Waals surface area contributed by atoms with Crippen LogP contribution in [-0.4, -0.2) is 36.2 Å². The van der Waals surface area contributed by atoms with Crippen LogP contribution in [0.15, 0.2) is 30.3 Å². The molecule has 2 unspecified atom stereocenters. The van der Waals surface area contributed by atoms with Gasteiger partial charge in [-0.3, -0.25) is 19.2 Å². The van der Waals surface area contributed by atoms with Gasteiger partial charge in [-0.25, -0.2) is 10.3 Å². The van der Waals surface area contributed by atoms with E-state index >= 15 is 0 Å². The predicted molar refractivity (Wildman–Crippen MR) is 109 cm³/mol. The summed E-state index contributed by atoms with van der Waals surface area (Å²) in [5.74, 6) is -2.74. The molecule has 2 atom stereocenters. The van der Waals surface area contributed by atoms with E-state index in [0.29, 0.717) is 13.0 Å². The molecule has 0 spiro atoms. The Hall–Kier alpha value is -2.74. The zero-order valence-electron chi connectivity index (χ0n) is 17.5. The number of benzene rings is 1. The Kier molecular flexibility index (Phi) is 9.47. The molecule has 0 aliphatic carbocycles. The summed E-state index contributed by atoms with van der Waals surface area (Å²) in [4.78, 5) is 54.4. The largest absolute Gasteiger partial charge is 0.445 e. The predicted octanol–water partition coefficient (Wildman–Crippen LogP) is 2.70. The van der Waals surface area contributed by atoms with Gasteiger partial charge in [0, 0.05) is 12.3 Å². The maximum absolute atomic E-state index is 12.9. The van der Waals surface area contributed by atoms with Crippen LogP contribution in [0.25, 0.3) is 0 Å². The molecule has 1 heterocycles. The van der Waals surface area contributed by atoms with Gasteiger partial charge in [0.05, 0.1) is 12.6 Å². The van der Waals surface area contributed by atoms with E-state index < -0.39 is 29.7 Å². The fraction of sp³-hybridized carbons (Fsp3) is 0.545. The van der Waals surface area contributed by atoms with Crippen LogP contribution in [0.3, 0.4) is 0 Å². The van der Waals surface area contributed by atoms with Crippen LogP contribution >= 0.6 is 0 Å². The van der Waals surface area contributed by atoms with Crippen molar-refractivity contribution in [3.8, 4) is 0 Å². The molecule has 0 saturated carbocycles. The van der Waals surface area contributed by atoms with Crippen LogP contribution in [0.1, 0.15) is 51.5 Å². The van der Waals surface area contributed by atoms with Crippen molar-refractivity contribution in [3.63, 3.8) is 0 Å². The van der Waals surface area contributed by atoms with E-state index in [-0.39, 0.29) is 24.7 Å². The molecule has 164 valence electrons. The van der Waals surface area contributed by atoms with E-state index in [4.69, 9.17) is 9.57 Å². The van der Waals surface area contributed by atoms with Gasteiger partial charge in [-0.1, -0.05) is 57.0 Å². The Morgan fingerprint density at radius 2 is 1.90 bits per heavy atom. The molecule has 0 bridgehead atoms. The highest BCUT2D eigenvalue weighted by molar-refractivity contribution is 6.37. The molecule has 1 aliphatic heterocycles. The van der Waals surface area contributed by atoms with Crippen LogP contribution in [0, 0.1) is 11.8 Å². The Balaban J connectivity index is 1.96. The van der Waals surface area contributed by atoms with E-state index in [2.05, 4.69) is 10.8 Å². The normalized spacial score (nSPS) is 19.0. The van der Waals surface area contributed by atoms with Gasteiger partial charge in [0.15, 0.2) is 5.78 Å². The van der Waals surface area contributed by atoms with Gasteiger partial charge in [-0.2, -0.15) is 0 Å². The number of carbonyl (C=O) groups excluding carboxylic acids is 4. The minimum absolute atomic E-state index is 0.0902. The van der Waals surface area contributed by atoms with E-state index in [0.717, 1.165) is 24.8 Å². The molecule has 8 heteroatoms. The first-order valence-electron chi connectivity index (χ1n) is 10.3. The zero-order chi connectivity index (χ0) is 21.9. The highest BCUT2D eigenvalue weighted by Crippen LogP contribution is 2.19. The third-order valence-corrected chi connectivity index (χ3v) is 5.01. The number of amides is 2. The molecule has 1 aliphatic rings. The molecule has 1 fully saturated rings. The Labute approximate surface area is 176 Å². The number of ketones is 2. The molecule has 30 heavy (non-hydrogen) atoms. The van der Waals surface area contributed by atoms with E-state index in [1.807, 2.05) is 30.3 Å². The van der Waals surface area contributed by atoms with Crippen molar-refractivity contribution in [1.82, 2.24) is 10.8 Å². The van der Waals surface area contributed by atoms with Crippen LogP contribution < -0.4 is 10.8 Å². The Morgan fingerprint density at radius 1 is 1.17 bits per heavy atom. The lowest BCUT2D eigenvalue weighted by atomic mass is 9.87. The van der Waals surface area contributed by atoms with Crippen LogP contribution in [0.2, 0.25) is 0 Å². The standard InChI is InChI=1S/C22H30N2O6/c1-15(2)19(23-22(28)29-14-16-9-5-3-6-10-16)18(25)13-17-11-7-4-8-12-30-24-21(27)20(17)26/h3,5-6,9-10,15,17,19H,4,7-8,11-14H2,1-2H3,(H,23,28)(H,24,27). The van der Waals surface area contributed by atoms with Crippen molar-refractivity contribution < 1.29 is 28.8 Å². The highest BCUT2D eigenvalue weighted by Gasteiger charge is 2.32. The summed E-state index contributed by atoms with van der Waals surface area (Å²) < 4.78 is 5.20. The molecule has 1 aromatic rings. The number of nitrogens with one attached hydrogen (secondary N) is 2. The Bertz CT molecular complexity index is 734. The van der Waals surface area contributed by atoms with Crippen molar-refractivity contribution in [2.24, 2.45) is 11.8 Å². The maximum atomic E-state index is 12.9. The molecule has 1 saturated heterocycles. The fourth-order valence-electron chi connectivity index (χ4n) is 3.30. The first-order valence-corrected chi connectivity index (χ1v) is 10.3. The summed E-state index contributed by atoms with van der Waals surface area (Å²) in [6.45, 7) is 4.05. The molecule has 0 radical (unpaired) electrons. The van der Waals surface area contributed by atoms with Crippen molar-refractivity contribution >= 4 is 23.6 Å². The molecule has 2 amide bonds. The number of alkyl carbamates (subject to hydrolysis) is 1. The summed E-state index contributed by atoms with van der Waals surface area (Å²) in [7, 11) is 0. The quantitative estimate of drug-likeness (QED) is 0.659. The molecule has 1 aromatic carbocycles. The second-order valence-electron chi connectivity index (χ2n) is 7.79. The number of carbonyl (C=O) groups is 4. The monoisotopic (exact) mass is 418 g/mol. The molecule has 2 N–H and O–H groups in total. The van der Waals surface area contributed by atoms with Crippen molar-refractivity contribution in [1.29, 1.82) is 0 Å². The summed E-state index contributed by atoms with van der Waals surface area (Å²) in [6.07, 6.45) is 1.95. The van der Waals surface area contributed by atoms with E-state index in [1.165, 1.54) is 0 Å². The van der Waals surface area contributed by atoms with E-state index in [1.54, 1.807) is 13.8 Å². The third-order valence-electron chi connectivity index (χ3n) is 5.01. The average Bonchev–Trinajstić information content (AvgIpc) is 2.73. The van der Waals surface area contributed by atoms with Gasteiger partial charge in [0.2, 0.25) is 5.78 Å². The van der Waals surface area contributed by atoms with Gasteiger partial charge in [0.25, 0.3) is 0 Å². The van der Waals surface area contributed by atoms with Crippen LogP contribution in [0.4, 0.5) is 4.79 Å². The van der Waals surface area contributed by atoms with Crippen molar-refractivity contribution in [3.05, 3.63) is 35.9 Å². The number of hydroxylamine groups is 1. The van der Waals surface area contributed by atoms with E-state index in [9.17, 15) is 19.2 Å². The number of hydrogen-bond acceptors (Lipinski definition) is 6. The molecule has 0 aromatic heterocycles. The minimum atomic E-state index is -0.842. The average molecular weight is 418 g/mol. The first-order chi connectivity index (χ1) is 14.4. The summed E-state index contributed by atoms with van der Waals surface area (Å²) >= 11 is 0. The third kappa shape index (κ3) is 7.59. The van der Waals surface area contributed by atoms with Gasteiger partial charge in [0.1, 0.15) is 6.61 Å². The molecule has 8 nitrogen and oxygen atoms in total. The lowest BCUT2D eigenvalue weighted by Crippen LogP contribution is -2.46. The van der Waals surface area contributed by atoms with Gasteiger partial charge in [-0.05, 0) is 24.3 Å². The van der Waals surface area contributed by atoms with Gasteiger partial charge in [-0.15, -0.1) is 0 Å².